The summed E-state index contributed by atoms with van der Waals surface area (Å²) in [5, 5.41) is 4.98. The van der Waals surface area contributed by atoms with E-state index in [0.29, 0.717) is 5.75 Å². The molecule has 1 aromatic carbocycles. The maximum Gasteiger partial charge on any atom is 0.250 e. The third-order valence-electron chi connectivity index (χ3n) is 2.35. The van der Waals surface area contributed by atoms with E-state index in [-0.39, 0.29) is 16.6 Å². The highest BCUT2D eigenvalue weighted by Gasteiger charge is 2.25. The molecule has 6 nitrogen and oxygen atoms in total. The first-order valence-corrected chi connectivity index (χ1v) is 6.56. The Morgan fingerprint density at radius 1 is 1.35 bits per heavy atom. The molecule has 17 heavy (non-hydrogen) atoms. The van der Waals surface area contributed by atoms with Crippen LogP contribution in [-0.2, 0) is 10.0 Å². The number of hydrogen-bond acceptors (Lipinski definition) is 4. The fourth-order valence-corrected chi connectivity index (χ4v) is 2.13. The van der Waals surface area contributed by atoms with Crippen LogP contribution in [0.2, 0.25) is 0 Å². The molecular formula is C10H12N2O4S. The second-order valence-electron chi connectivity index (χ2n) is 3.88. The first-order valence-electron chi connectivity index (χ1n) is 5.01. The smallest absolute Gasteiger partial charge is 0.250 e. The van der Waals surface area contributed by atoms with E-state index in [9.17, 15) is 13.2 Å². The molecule has 0 spiro atoms. The number of hydrogen-bond donors (Lipinski definition) is 2. The van der Waals surface area contributed by atoms with Crippen LogP contribution in [0, 0.1) is 0 Å². The zero-order valence-corrected chi connectivity index (χ0v) is 9.74. The summed E-state index contributed by atoms with van der Waals surface area (Å²) in [4.78, 5) is 10.9. The minimum Gasteiger partial charge on any atom is -0.490 e. The summed E-state index contributed by atoms with van der Waals surface area (Å²) < 4.78 is 27.9. The van der Waals surface area contributed by atoms with Gasteiger partial charge in [0.1, 0.15) is 5.75 Å². The van der Waals surface area contributed by atoms with Crippen molar-refractivity contribution in [2.24, 2.45) is 10.9 Å². The molecule has 1 saturated carbocycles. The van der Waals surface area contributed by atoms with E-state index in [1.54, 1.807) is 0 Å². The topological polar surface area (TPSA) is 112 Å². The SMILES string of the molecule is NC(=O)c1cc(OC2CC2)ccc1S(N)(=O)=O. The molecule has 0 saturated heterocycles. The van der Waals surface area contributed by atoms with Crippen molar-refractivity contribution in [3.05, 3.63) is 23.8 Å². The lowest BCUT2D eigenvalue weighted by Gasteiger charge is -2.08. The summed E-state index contributed by atoms with van der Waals surface area (Å²) in [6.07, 6.45) is 2.07. The average molecular weight is 256 g/mol. The first-order chi connectivity index (χ1) is 7.88. The van der Waals surface area contributed by atoms with Gasteiger partial charge in [0, 0.05) is 0 Å². The van der Waals surface area contributed by atoms with Gasteiger partial charge in [-0.3, -0.25) is 4.79 Å². The molecule has 4 N–H and O–H groups in total. The van der Waals surface area contributed by atoms with E-state index >= 15 is 0 Å². The molecule has 7 heteroatoms. The second-order valence-corrected chi connectivity index (χ2v) is 5.41. The van der Waals surface area contributed by atoms with Crippen LogP contribution in [0.25, 0.3) is 0 Å². The molecule has 0 radical (unpaired) electrons. The lowest BCUT2D eigenvalue weighted by molar-refractivity contribution is 0.0996. The number of carbonyl (C=O) groups excluding carboxylic acids is 1. The van der Waals surface area contributed by atoms with E-state index < -0.39 is 15.9 Å². The second kappa shape index (κ2) is 4.01. The summed E-state index contributed by atoms with van der Waals surface area (Å²) in [5.74, 6) is -0.427. The lowest BCUT2D eigenvalue weighted by Crippen LogP contribution is -2.20. The van der Waals surface area contributed by atoms with E-state index in [2.05, 4.69) is 0 Å². The highest BCUT2D eigenvalue weighted by atomic mass is 32.2. The molecule has 1 aliphatic carbocycles. The van der Waals surface area contributed by atoms with Gasteiger partial charge in [-0.1, -0.05) is 0 Å². The van der Waals surface area contributed by atoms with E-state index in [1.807, 2.05) is 0 Å². The van der Waals surface area contributed by atoms with Crippen molar-refractivity contribution in [2.75, 3.05) is 0 Å². The van der Waals surface area contributed by atoms with Crippen LogP contribution in [0.15, 0.2) is 23.1 Å². The molecule has 1 aromatic rings. The van der Waals surface area contributed by atoms with Crippen molar-refractivity contribution in [1.29, 1.82) is 0 Å². The molecule has 0 atom stereocenters. The van der Waals surface area contributed by atoms with Crippen molar-refractivity contribution in [1.82, 2.24) is 0 Å². The Morgan fingerprint density at radius 2 is 2.00 bits per heavy atom. The first kappa shape index (κ1) is 11.9. The Morgan fingerprint density at radius 3 is 2.47 bits per heavy atom. The predicted octanol–water partition coefficient (Wildman–Crippen LogP) is -0.0259. The number of sulfonamides is 1. The average Bonchev–Trinajstić information content (AvgIpc) is 2.99. The molecular weight excluding hydrogens is 244 g/mol. The minimum atomic E-state index is -3.96. The van der Waals surface area contributed by atoms with E-state index in [1.165, 1.54) is 18.2 Å². The molecule has 2 rings (SSSR count). The molecule has 0 aliphatic heterocycles. The van der Waals surface area contributed by atoms with E-state index in [4.69, 9.17) is 15.6 Å². The summed E-state index contributed by atoms with van der Waals surface area (Å²) >= 11 is 0. The molecule has 0 bridgehead atoms. The van der Waals surface area contributed by atoms with Gasteiger partial charge in [-0.2, -0.15) is 0 Å². The van der Waals surface area contributed by atoms with Crippen LogP contribution in [0.5, 0.6) is 5.75 Å². The fraction of sp³-hybridized carbons (Fsp3) is 0.300. The minimum absolute atomic E-state index is 0.148. The van der Waals surface area contributed by atoms with Crippen LogP contribution in [0.1, 0.15) is 23.2 Å². The maximum atomic E-state index is 11.2. The largest absolute Gasteiger partial charge is 0.490 e. The molecule has 92 valence electrons. The number of amides is 1. The Balaban J connectivity index is 2.43. The Hall–Kier alpha value is -1.60. The highest BCUT2D eigenvalue weighted by Crippen LogP contribution is 2.28. The summed E-state index contributed by atoms with van der Waals surface area (Å²) in [7, 11) is -3.96. The van der Waals surface area contributed by atoms with Crippen molar-refractivity contribution in [3.63, 3.8) is 0 Å². The van der Waals surface area contributed by atoms with Crippen molar-refractivity contribution < 1.29 is 17.9 Å². The van der Waals surface area contributed by atoms with Crippen molar-refractivity contribution in [3.8, 4) is 5.75 Å². The zero-order valence-electron chi connectivity index (χ0n) is 8.92. The van der Waals surface area contributed by atoms with Crippen molar-refractivity contribution in [2.45, 2.75) is 23.8 Å². The van der Waals surface area contributed by atoms with Crippen LogP contribution in [0.3, 0.4) is 0 Å². The van der Waals surface area contributed by atoms with Crippen LogP contribution < -0.4 is 15.6 Å². The normalized spacial score (nSPS) is 15.6. The number of primary amides is 1. The number of primary sulfonamides is 1. The van der Waals surface area contributed by atoms with Gasteiger partial charge in [0.15, 0.2) is 0 Å². The van der Waals surface area contributed by atoms with Gasteiger partial charge >= 0.3 is 0 Å². The fourth-order valence-electron chi connectivity index (χ4n) is 1.40. The quantitative estimate of drug-likeness (QED) is 0.787. The van der Waals surface area contributed by atoms with Gasteiger partial charge < -0.3 is 10.5 Å². The Labute approximate surface area is 98.6 Å². The molecule has 1 aliphatic rings. The molecule has 0 unspecified atom stereocenters. The molecule has 1 fully saturated rings. The molecule has 0 heterocycles. The van der Waals surface area contributed by atoms with Gasteiger partial charge in [-0.25, -0.2) is 13.6 Å². The Bertz CT molecular complexity index is 564. The summed E-state index contributed by atoms with van der Waals surface area (Å²) in [6.45, 7) is 0. The molecule has 1 amide bonds. The number of carbonyl (C=O) groups is 1. The summed E-state index contributed by atoms with van der Waals surface area (Å²) in [5.41, 5.74) is 4.96. The van der Waals surface area contributed by atoms with Gasteiger partial charge in [0.2, 0.25) is 15.9 Å². The monoisotopic (exact) mass is 256 g/mol. The predicted molar refractivity (Wildman–Crippen MR) is 60.0 cm³/mol. The third-order valence-corrected chi connectivity index (χ3v) is 3.32. The van der Waals surface area contributed by atoms with Crippen LogP contribution in [-0.4, -0.2) is 20.4 Å². The molecule has 0 aromatic heterocycles. The van der Waals surface area contributed by atoms with Crippen LogP contribution >= 0.6 is 0 Å². The highest BCUT2D eigenvalue weighted by molar-refractivity contribution is 7.89. The Kier molecular flexibility index (Phi) is 2.80. The number of benzene rings is 1. The van der Waals surface area contributed by atoms with Gasteiger partial charge in [-0.05, 0) is 31.0 Å². The maximum absolute atomic E-state index is 11.2. The summed E-state index contributed by atoms with van der Waals surface area (Å²) in [6, 6.07) is 4.00. The lowest BCUT2D eigenvalue weighted by atomic mass is 10.2. The zero-order chi connectivity index (χ0) is 12.6. The number of nitrogens with two attached hydrogens (primary N) is 2. The van der Waals surface area contributed by atoms with Gasteiger partial charge in [0.25, 0.3) is 0 Å². The third kappa shape index (κ3) is 2.75. The van der Waals surface area contributed by atoms with Gasteiger partial charge in [-0.15, -0.1) is 0 Å². The number of rotatable bonds is 4. The van der Waals surface area contributed by atoms with E-state index in [0.717, 1.165) is 12.8 Å². The van der Waals surface area contributed by atoms with Gasteiger partial charge in [0.05, 0.1) is 16.6 Å². The van der Waals surface area contributed by atoms with Crippen LogP contribution in [0.4, 0.5) is 0 Å². The standard InChI is InChI=1S/C10H12N2O4S/c11-10(13)8-5-7(16-6-1-2-6)3-4-9(8)17(12,14)15/h3-6H,1-2H2,(H2,11,13)(H2,12,14,15). The van der Waals surface area contributed by atoms with Crippen molar-refractivity contribution >= 4 is 15.9 Å². The number of ether oxygens (including phenoxy) is 1.